The predicted octanol–water partition coefficient (Wildman–Crippen LogP) is 4.43. The van der Waals surface area contributed by atoms with Crippen LogP contribution in [0.3, 0.4) is 0 Å². The summed E-state index contributed by atoms with van der Waals surface area (Å²) in [6, 6.07) is 50.3. The number of hydrogen-bond donors (Lipinski definition) is 0. The van der Waals surface area contributed by atoms with E-state index in [1.54, 1.807) is 0 Å². The number of halogens is 2. The van der Waals surface area contributed by atoms with Gasteiger partial charge in [0.1, 0.15) is 23.2 Å². The van der Waals surface area contributed by atoms with Crippen LogP contribution in [0, 0.1) is 0 Å². The van der Waals surface area contributed by atoms with Crippen molar-refractivity contribution in [1.82, 2.24) is 0 Å². The van der Waals surface area contributed by atoms with E-state index in [1.807, 2.05) is 12.1 Å². The topological polar surface area (TPSA) is 0 Å². The third-order valence-electron chi connectivity index (χ3n) is 6.40. The summed E-state index contributed by atoms with van der Waals surface area (Å²) in [6.07, 6.45) is 1.79. The Labute approximate surface area is 220 Å². The summed E-state index contributed by atoms with van der Waals surface area (Å²) in [5.41, 5.74) is 3.86. The third kappa shape index (κ3) is 5.36. The van der Waals surface area contributed by atoms with Gasteiger partial charge in [-0.25, -0.2) is 0 Å². The molecule has 0 fully saturated rings. The predicted molar refractivity (Wildman–Crippen MR) is 150 cm³/mol. The lowest BCUT2D eigenvalue weighted by atomic mass is 10.1. The molecule has 0 aromatic heterocycles. The molecule has 0 atom stereocenters. The van der Waals surface area contributed by atoms with Gasteiger partial charge in [0.2, 0.25) is 0 Å². The molecule has 0 aliphatic carbocycles. The summed E-state index contributed by atoms with van der Waals surface area (Å²) in [5.74, 6) is 0. The molecule has 0 unspecified atom stereocenters. The fraction of sp³-hybridized carbons (Fsp3) is 0.0625. The highest BCUT2D eigenvalue weighted by Gasteiger charge is 2.46. The zero-order chi connectivity index (χ0) is 23.2. The van der Waals surface area contributed by atoms with E-state index < -0.39 is 7.26 Å². The van der Waals surface area contributed by atoms with E-state index in [2.05, 4.69) is 127 Å². The molecule has 0 spiro atoms. The molecule has 3 heteroatoms. The second-order valence-corrected chi connectivity index (χ2v) is 12.4. The van der Waals surface area contributed by atoms with E-state index in [1.165, 1.54) is 27.0 Å². The van der Waals surface area contributed by atoms with E-state index in [9.17, 15) is 0 Å². The van der Waals surface area contributed by atoms with Crippen molar-refractivity contribution in [3.63, 3.8) is 0 Å². The van der Waals surface area contributed by atoms with Gasteiger partial charge in [-0.15, -0.1) is 0 Å². The van der Waals surface area contributed by atoms with E-state index in [0.29, 0.717) is 0 Å². The third-order valence-corrected chi connectivity index (χ3v) is 11.2. The molecule has 5 aromatic carbocycles. The quantitative estimate of drug-likeness (QED) is 0.283. The number of hydrogen-bond acceptors (Lipinski definition) is 0. The van der Waals surface area contributed by atoms with Crippen LogP contribution in [0.1, 0.15) is 16.7 Å². The molecule has 0 saturated heterocycles. The van der Waals surface area contributed by atoms with E-state index in [0.717, 1.165) is 23.2 Å². The molecule has 0 aliphatic rings. The summed E-state index contributed by atoms with van der Waals surface area (Å²) in [7, 11) is -2.01. The second-order valence-electron chi connectivity index (χ2n) is 8.52. The molecule has 0 N–H and O–H groups in total. The van der Waals surface area contributed by atoms with Crippen LogP contribution in [-0.2, 0) is 12.6 Å². The van der Waals surface area contributed by atoms with Crippen molar-refractivity contribution in [1.29, 1.82) is 0 Å². The molecular weight excluding hydrogens is 486 g/mol. The van der Waals surface area contributed by atoms with Crippen molar-refractivity contribution in [2.45, 2.75) is 12.6 Å². The van der Waals surface area contributed by atoms with Crippen molar-refractivity contribution in [2.24, 2.45) is 0 Å². The van der Waals surface area contributed by atoms with Gasteiger partial charge in [0, 0.05) is 11.4 Å². The molecule has 0 saturated carbocycles. The molecular formula is C32H27Cl2P. The van der Waals surface area contributed by atoms with Gasteiger partial charge in [-0.3, -0.25) is 0 Å². The van der Waals surface area contributed by atoms with Crippen LogP contribution < -0.4 is 28.3 Å². The van der Waals surface area contributed by atoms with E-state index in [-0.39, 0.29) is 12.4 Å². The average Bonchev–Trinajstić information content (AvgIpc) is 2.91. The Morgan fingerprint density at radius 1 is 0.486 bits per heavy atom. The number of benzene rings is 5. The summed E-state index contributed by atoms with van der Waals surface area (Å²) >= 11 is 6.61. The van der Waals surface area contributed by atoms with Gasteiger partial charge in [0.25, 0.3) is 0 Å². The highest BCUT2D eigenvalue weighted by molar-refractivity contribution is 7.95. The number of rotatable bonds is 7. The Kier molecular flexibility index (Phi) is 8.42. The van der Waals surface area contributed by atoms with Gasteiger partial charge in [-0.2, -0.15) is 0 Å². The van der Waals surface area contributed by atoms with Gasteiger partial charge in [0.15, 0.2) is 0 Å². The molecule has 5 aromatic rings. The zero-order valence-corrected chi connectivity index (χ0v) is 21.8. The monoisotopic (exact) mass is 512 g/mol. The van der Waals surface area contributed by atoms with Gasteiger partial charge < -0.3 is 12.4 Å². The zero-order valence-electron chi connectivity index (χ0n) is 19.4. The Bertz CT molecular complexity index is 1310. The van der Waals surface area contributed by atoms with Crippen LogP contribution in [0.2, 0.25) is 5.02 Å². The average molecular weight is 513 g/mol. The van der Waals surface area contributed by atoms with Gasteiger partial charge in [-0.05, 0) is 53.1 Å². The van der Waals surface area contributed by atoms with Crippen LogP contribution in [-0.4, -0.2) is 0 Å². The molecule has 5 rings (SSSR count). The minimum Gasteiger partial charge on any atom is -1.00 e. The molecule has 174 valence electrons. The maximum Gasteiger partial charge on any atom is 0.116 e. The summed E-state index contributed by atoms with van der Waals surface area (Å²) in [4.78, 5) is 0. The van der Waals surface area contributed by atoms with Crippen molar-refractivity contribution in [3.8, 4) is 0 Å². The van der Waals surface area contributed by atoms with Crippen molar-refractivity contribution < 1.29 is 12.4 Å². The summed E-state index contributed by atoms with van der Waals surface area (Å²) in [6.45, 7) is 0. The fourth-order valence-electron chi connectivity index (χ4n) is 4.80. The molecule has 0 radical (unpaired) electrons. The van der Waals surface area contributed by atoms with Crippen LogP contribution in [0.5, 0.6) is 0 Å². The minimum atomic E-state index is -2.01. The van der Waals surface area contributed by atoms with Gasteiger partial charge in [-0.1, -0.05) is 115 Å². The van der Waals surface area contributed by atoms with Crippen molar-refractivity contribution >= 4 is 34.8 Å². The van der Waals surface area contributed by atoms with Crippen molar-refractivity contribution in [3.05, 3.63) is 161 Å². The Balaban J connectivity index is 0.00000289. The van der Waals surface area contributed by atoms with Crippen LogP contribution in [0.4, 0.5) is 0 Å². The molecule has 0 amide bonds. The lowest BCUT2D eigenvalue weighted by molar-refractivity contribution is -0.00000650. The highest BCUT2D eigenvalue weighted by atomic mass is 35.5. The normalized spacial score (nSPS) is 11.0. The fourth-order valence-corrected chi connectivity index (χ4v) is 9.49. The standard InChI is InChI=1S/C32H27ClP.ClH/c33-31-22-12-10-16-27(31)24-28-17-11-13-23-32(28)34(29-18-6-2-7-19-29,30-20-8-3-9-21-30)25-26-14-4-1-5-15-26;/h1-23H,24-25H2;1H/q+1;/p-1. The van der Waals surface area contributed by atoms with Crippen molar-refractivity contribution in [2.75, 3.05) is 0 Å². The summed E-state index contributed by atoms with van der Waals surface area (Å²) in [5, 5.41) is 5.05. The Morgan fingerprint density at radius 2 is 0.943 bits per heavy atom. The SMILES string of the molecule is Clc1ccccc1Cc1ccccc1[P+](Cc1ccccc1)(c1ccccc1)c1ccccc1.[Cl-]. The molecule has 0 aliphatic heterocycles. The van der Waals surface area contributed by atoms with E-state index >= 15 is 0 Å². The minimum absolute atomic E-state index is 0. The largest absolute Gasteiger partial charge is 1.00 e. The lowest BCUT2D eigenvalue weighted by Gasteiger charge is -2.29. The van der Waals surface area contributed by atoms with Crippen LogP contribution >= 0.6 is 18.9 Å². The Hall–Kier alpha value is -2.89. The highest BCUT2D eigenvalue weighted by Crippen LogP contribution is 2.59. The van der Waals surface area contributed by atoms with Gasteiger partial charge >= 0.3 is 0 Å². The molecule has 0 nitrogen and oxygen atoms in total. The van der Waals surface area contributed by atoms with Crippen LogP contribution in [0.15, 0.2) is 140 Å². The first-order chi connectivity index (χ1) is 16.8. The summed E-state index contributed by atoms with van der Waals surface area (Å²) < 4.78 is 0. The molecule has 0 bridgehead atoms. The first kappa shape index (κ1) is 25.2. The molecule has 0 heterocycles. The Morgan fingerprint density at radius 3 is 1.51 bits per heavy atom. The van der Waals surface area contributed by atoms with Crippen LogP contribution in [0.25, 0.3) is 0 Å². The first-order valence-electron chi connectivity index (χ1n) is 11.6. The van der Waals surface area contributed by atoms with E-state index in [4.69, 9.17) is 11.6 Å². The smallest absolute Gasteiger partial charge is 0.116 e. The lowest BCUT2D eigenvalue weighted by Crippen LogP contribution is -3.00. The first-order valence-corrected chi connectivity index (χ1v) is 14.0. The maximum absolute atomic E-state index is 6.61. The molecule has 35 heavy (non-hydrogen) atoms. The maximum atomic E-state index is 6.61. The van der Waals surface area contributed by atoms with Gasteiger partial charge in [0.05, 0.1) is 6.16 Å². The second kappa shape index (κ2) is 11.7.